The number of aromatic hydroxyl groups is 1. The molecule has 0 unspecified atom stereocenters. The number of nitrogens with zero attached hydrogens (tertiary/aromatic N) is 2. The zero-order valence-electron chi connectivity index (χ0n) is 15.1. The van der Waals surface area contributed by atoms with Crippen molar-refractivity contribution in [2.24, 2.45) is 5.10 Å². The van der Waals surface area contributed by atoms with Crippen molar-refractivity contribution in [2.75, 3.05) is 0 Å². The van der Waals surface area contributed by atoms with E-state index in [9.17, 15) is 9.90 Å². The minimum absolute atomic E-state index is 0.108. The highest BCUT2D eigenvalue weighted by Crippen LogP contribution is 2.28. The predicted molar refractivity (Wildman–Crippen MR) is 113 cm³/mol. The van der Waals surface area contributed by atoms with Gasteiger partial charge in [-0.3, -0.25) is 4.79 Å². The summed E-state index contributed by atoms with van der Waals surface area (Å²) in [6, 6.07) is 20.9. The normalized spacial score (nSPS) is 11.2. The second kappa shape index (κ2) is 7.62. The third-order valence-electron chi connectivity index (χ3n) is 4.33. The van der Waals surface area contributed by atoms with Crippen molar-refractivity contribution in [1.82, 2.24) is 10.4 Å². The Hall–Kier alpha value is -3.51. The lowest BCUT2D eigenvalue weighted by atomic mass is 10.0. The van der Waals surface area contributed by atoms with Gasteiger partial charge in [0, 0.05) is 11.1 Å². The summed E-state index contributed by atoms with van der Waals surface area (Å²) in [6.07, 6.45) is 1.46. The first-order chi connectivity index (χ1) is 13.6. The molecule has 0 radical (unpaired) electrons. The average Bonchev–Trinajstić information content (AvgIpc) is 3.12. The van der Waals surface area contributed by atoms with Crippen molar-refractivity contribution in [2.45, 2.75) is 6.92 Å². The smallest absolute Gasteiger partial charge is 0.283 e. The minimum Gasteiger partial charge on any atom is -0.507 e. The van der Waals surface area contributed by atoms with Crippen LogP contribution in [0.2, 0.25) is 0 Å². The first-order valence-electron chi connectivity index (χ1n) is 8.70. The van der Waals surface area contributed by atoms with Crippen LogP contribution in [0, 0.1) is 6.92 Å². The number of aryl methyl sites for hydroxylation is 1. The number of hydrazone groups is 1. The second-order valence-electron chi connectivity index (χ2n) is 6.22. The van der Waals surface area contributed by atoms with Gasteiger partial charge in [-0.25, -0.2) is 10.4 Å². The van der Waals surface area contributed by atoms with Crippen molar-refractivity contribution in [3.05, 3.63) is 82.9 Å². The fourth-order valence-corrected chi connectivity index (χ4v) is 3.90. The molecule has 0 bridgehead atoms. The zero-order valence-corrected chi connectivity index (χ0v) is 15.9. The van der Waals surface area contributed by atoms with Gasteiger partial charge in [0.25, 0.3) is 5.91 Å². The van der Waals surface area contributed by atoms with Crippen LogP contribution in [0.1, 0.15) is 20.9 Å². The first-order valence-corrected chi connectivity index (χ1v) is 9.52. The van der Waals surface area contributed by atoms with Gasteiger partial charge in [-0.15, -0.1) is 11.3 Å². The quantitative estimate of drug-likeness (QED) is 0.392. The number of hydrogen-bond acceptors (Lipinski definition) is 5. The second-order valence-corrected chi connectivity index (χ2v) is 7.22. The van der Waals surface area contributed by atoms with Crippen LogP contribution in [-0.2, 0) is 0 Å². The van der Waals surface area contributed by atoms with Crippen molar-refractivity contribution >= 4 is 34.2 Å². The van der Waals surface area contributed by atoms with Gasteiger partial charge in [-0.05, 0) is 23.8 Å². The molecule has 0 saturated carbocycles. The minimum atomic E-state index is -0.326. The molecule has 5 nitrogen and oxygen atoms in total. The summed E-state index contributed by atoms with van der Waals surface area (Å²) in [5.41, 5.74) is 4.72. The number of rotatable bonds is 4. The fourth-order valence-electron chi connectivity index (χ4n) is 2.94. The fraction of sp³-hybridized carbons (Fsp3) is 0.0455. The number of aromatic nitrogens is 1. The number of phenols is 1. The van der Waals surface area contributed by atoms with Gasteiger partial charge in [0.2, 0.25) is 0 Å². The van der Waals surface area contributed by atoms with Gasteiger partial charge >= 0.3 is 0 Å². The van der Waals surface area contributed by atoms with Crippen LogP contribution in [0.5, 0.6) is 5.75 Å². The Morgan fingerprint density at radius 3 is 2.64 bits per heavy atom. The highest BCUT2D eigenvalue weighted by molar-refractivity contribution is 7.17. The lowest BCUT2D eigenvalue weighted by Crippen LogP contribution is -2.17. The van der Waals surface area contributed by atoms with Gasteiger partial charge in [0.05, 0.1) is 11.9 Å². The molecular formula is C22H17N3O2S. The summed E-state index contributed by atoms with van der Waals surface area (Å²) < 4.78 is 0. The molecule has 0 aliphatic carbocycles. The van der Waals surface area contributed by atoms with Crippen molar-refractivity contribution in [1.29, 1.82) is 0 Å². The van der Waals surface area contributed by atoms with Crippen LogP contribution < -0.4 is 5.43 Å². The van der Waals surface area contributed by atoms with Gasteiger partial charge in [-0.2, -0.15) is 5.10 Å². The molecule has 0 atom stereocenters. The number of carbonyl (C=O) groups excluding carboxylic acids is 1. The SMILES string of the molecule is Cc1nc(-c2ccccc2)sc1C(=O)N/N=C/c1c(O)ccc2ccccc12. The van der Waals surface area contributed by atoms with E-state index in [1.807, 2.05) is 60.7 Å². The van der Waals surface area contributed by atoms with E-state index in [0.29, 0.717) is 16.1 Å². The van der Waals surface area contributed by atoms with Crippen molar-refractivity contribution < 1.29 is 9.90 Å². The van der Waals surface area contributed by atoms with Crippen LogP contribution in [0.3, 0.4) is 0 Å². The van der Waals surface area contributed by atoms with E-state index >= 15 is 0 Å². The molecule has 1 amide bonds. The summed E-state index contributed by atoms with van der Waals surface area (Å²) in [6.45, 7) is 1.80. The molecule has 0 aliphatic rings. The summed E-state index contributed by atoms with van der Waals surface area (Å²) in [5, 5.41) is 16.8. The molecule has 2 N–H and O–H groups in total. The molecule has 138 valence electrons. The van der Waals surface area contributed by atoms with Crippen molar-refractivity contribution in [3.8, 4) is 16.3 Å². The Morgan fingerprint density at radius 2 is 1.82 bits per heavy atom. The largest absolute Gasteiger partial charge is 0.507 e. The van der Waals surface area contributed by atoms with Gasteiger partial charge in [0.15, 0.2) is 0 Å². The maximum Gasteiger partial charge on any atom is 0.283 e. The maximum atomic E-state index is 12.5. The van der Waals surface area contributed by atoms with Crippen LogP contribution in [0.4, 0.5) is 0 Å². The highest BCUT2D eigenvalue weighted by atomic mass is 32.1. The summed E-state index contributed by atoms with van der Waals surface area (Å²) in [5.74, 6) is -0.217. The molecule has 3 aromatic carbocycles. The topological polar surface area (TPSA) is 74.6 Å². The molecule has 0 fully saturated rings. The Bertz CT molecular complexity index is 1180. The Balaban J connectivity index is 1.56. The number of carbonyl (C=O) groups is 1. The van der Waals surface area contributed by atoms with E-state index < -0.39 is 0 Å². The van der Waals surface area contributed by atoms with Gasteiger partial charge in [-0.1, -0.05) is 60.7 Å². The van der Waals surface area contributed by atoms with Crippen LogP contribution in [0.25, 0.3) is 21.3 Å². The third-order valence-corrected chi connectivity index (χ3v) is 5.54. The summed E-state index contributed by atoms with van der Waals surface area (Å²) in [7, 11) is 0. The van der Waals surface area contributed by atoms with Crippen molar-refractivity contribution in [3.63, 3.8) is 0 Å². The molecule has 1 heterocycles. The van der Waals surface area contributed by atoms with E-state index in [-0.39, 0.29) is 11.7 Å². The number of thiazole rings is 1. The predicted octanol–water partition coefficient (Wildman–Crippen LogP) is 4.74. The lowest BCUT2D eigenvalue weighted by Gasteiger charge is -2.04. The van der Waals surface area contributed by atoms with Crippen LogP contribution >= 0.6 is 11.3 Å². The van der Waals surface area contributed by atoms with E-state index in [1.165, 1.54) is 17.6 Å². The van der Waals surface area contributed by atoms with Gasteiger partial charge < -0.3 is 5.11 Å². The van der Waals surface area contributed by atoms with Crippen LogP contribution in [-0.4, -0.2) is 22.2 Å². The number of phenolic OH excluding ortho intramolecular Hbond substituents is 1. The molecular weight excluding hydrogens is 370 g/mol. The monoisotopic (exact) mass is 387 g/mol. The van der Waals surface area contributed by atoms with E-state index in [2.05, 4.69) is 15.5 Å². The maximum absolute atomic E-state index is 12.5. The highest BCUT2D eigenvalue weighted by Gasteiger charge is 2.15. The number of benzene rings is 3. The Kier molecular flexibility index (Phi) is 4.87. The lowest BCUT2D eigenvalue weighted by molar-refractivity contribution is 0.0958. The zero-order chi connectivity index (χ0) is 19.5. The number of hydrogen-bond donors (Lipinski definition) is 2. The first kappa shape index (κ1) is 17.9. The molecule has 0 spiro atoms. The Morgan fingerprint density at radius 1 is 1.07 bits per heavy atom. The van der Waals surface area contributed by atoms with E-state index in [1.54, 1.807) is 13.0 Å². The van der Waals surface area contributed by atoms with E-state index in [4.69, 9.17) is 0 Å². The molecule has 0 aliphatic heterocycles. The average molecular weight is 387 g/mol. The van der Waals surface area contributed by atoms with Gasteiger partial charge in [0.1, 0.15) is 15.6 Å². The molecule has 1 aromatic heterocycles. The number of nitrogens with one attached hydrogen (secondary N) is 1. The summed E-state index contributed by atoms with van der Waals surface area (Å²) in [4.78, 5) is 17.5. The van der Waals surface area contributed by atoms with Crippen LogP contribution in [0.15, 0.2) is 71.8 Å². The number of fused-ring (bicyclic) bond motifs is 1. The molecule has 4 aromatic rings. The molecule has 6 heteroatoms. The third kappa shape index (κ3) is 3.50. The van der Waals surface area contributed by atoms with E-state index in [0.717, 1.165) is 21.3 Å². The standard InChI is InChI=1S/C22H17N3O2S/c1-14-20(28-22(24-14)16-8-3-2-4-9-16)21(27)25-23-13-18-17-10-6-5-7-15(17)11-12-19(18)26/h2-13,26H,1H3,(H,25,27)/b23-13+. The molecule has 28 heavy (non-hydrogen) atoms. The molecule has 4 rings (SSSR count). The molecule has 0 saturated heterocycles. The number of amides is 1. The summed E-state index contributed by atoms with van der Waals surface area (Å²) >= 11 is 1.33. The Labute approximate surface area is 166 Å².